The molecule has 1 atom stereocenters. The number of carbonyl (C=O) groups is 2. The van der Waals surface area contributed by atoms with Crippen LogP contribution >= 0.6 is 11.8 Å². The first-order valence-corrected chi connectivity index (χ1v) is 5.24. The molecule has 1 saturated heterocycles. The Balaban J connectivity index is 2.42. The third-order valence-electron chi connectivity index (χ3n) is 2.12. The van der Waals surface area contributed by atoms with Gasteiger partial charge in [0.25, 0.3) is 0 Å². The van der Waals surface area contributed by atoms with E-state index in [1.807, 2.05) is 6.92 Å². The molecule has 0 aliphatic carbocycles. The average molecular weight is 202 g/mol. The zero-order chi connectivity index (χ0) is 9.90. The van der Waals surface area contributed by atoms with Gasteiger partial charge in [-0.1, -0.05) is 0 Å². The molecular weight excluding hydrogens is 188 g/mol. The van der Waals surface area contributed by atoms with Crippen LogP contribution in [0.15, 0.2) is 0 Å². The molecular formula is C8H14N2O2S. The number of amides is 2. The number of nitrogens with two attached hydrogens (primary N) is 1. The zero-order valence-corrected chi connectivity index (χ0v) is 8.45. The van der Waals surface area contributed by atoms with Gasteiger partial charge in [0.1, 0.15) is 0 Å². The molecule has 1 rings (SSSR count). The maximum Gasteiger partial charge on any atom is 0.236 e. The highest BCUT2D eigenvalue weighted by Crippen LogP contribution is 2.37. The summed E-state index contributed by atoms with van der Waals surface area (Å²) in [5, 5.41) is 2.53. The van der Waals surface area contributed by atoms with Gasteiger partial charge < -0.3 is 11.1 Å². The quantitative estimate of drug-likeness (QED) is 0.670. The maximum absolute atomic E-state index is 11.5. The van der Waals surface area contributed by atoms with Crippen molar-refractivity contribution in [3.05, 3.63) is 0 Å². The van der Waals surface area contributed by atoms with E-state index in [2.05, 4.69) is 5.32 Å². The SMILES string of the molecule is CC1(C(=O)NCC(N)=O)CCCS1. The largest absolute Gasteiger partial charge is 0.368 e. The number of rotatable bonds is 3. The lowest BCUT2D eigenvalue weighted by Crippen LogP contribution is -2.43. The third-order valence-corrected chi connectivity index (χ3v) is 3.64. The lowest BCUT2D eigenvalue weighted by Gasteiger charge is -2.20. The fourth-order valence-corrected chi connectivity index (χ4v) is 2.54. The van der Waals surface area contributed by atoms with Crippen molar-refractivity contribution in [3.8, 4) is 0 Å². The summed E-state index contributed by atoms with van der Waals surface area (Å²) < 4.78 is -0.352. The van der Waals surface area contributed by atoms with E-state index in [0.717, 1.165) is 18.6 Å². The molecule has 0 aromatic heterocycles. The molecule has 1 aliphatic heterocycles. The molecule has 1 heterocycles. The van der Waals surface area contributed by atoms with Crippen LogP contribution in [0.5, 0.6) is 0 Å². The summed E-state index contributed by atoms with van der Waals surface area (Å²) in [6.45, 7) is 1.84. The Kier molecular flexibility index (Phi) is 3.19. The lowest BCUT2D eigenvalue weighted by molar-refractivity contribution is -0.126. The summed E-state index contributed by atoms with van der Waals surface area (Å²) in [5.74, 6) is 0.439. The van der Waals surface area contributed by atoms with Gasteiger partial charge in [0.2, 0.25) is 11.8 Å². The van der Waals surface area contributed by atoms with E-state index in [0.29, 0.717) is 0 Å². The molecule has 0 saturated carbocycles. The predicted octanol–water partition coefficient (Wildman–Crippen LogP) is -0.126. The van der Waals surface area contributed by atoms with Crippen LogP contribution < -0.4 is 11.1 Å². The molecule has 0 bridgehead atoms. The third kappa shape index (κ3) is 2.62. The Morgan fingerprint density at radius 1 is 1.62 bits per heavy atom. The van der Waals surface area contributed by atoms with Gasteiger partial charge in [-0.15, -0.1) is 11.8 Å². The van der Waals surface area contributed by atoms with E-state index < -0.39 is 5.91 Å². The van der Waals surface area contributed by atoms with Crippen LogP contribution in [-0.2, 0) is 9.59 Å². The second-order valence-corrected chi connectivity index (χ2v) is 4.93. The van der Waals surface area contributed by atoms with Crippen molar-refractivity contribution in [2.75, 3.05) is 12.3 Å². The van der Waals surface area contributed by atoms with E-state index in [4.69, 9.17) is 5.73 Å². The van der Waals surface area contributed by atoms with E-state index in [9.17, 15) is 9.59 Å². The number of primary amides is 1. The van der Waals surface area contributed by atoms with Crippen LogP contribution in [0, 0.1) is 0 Å². The van der Waals surface area contributed by atoms with Gasteiger partial charge in [-0.2, -0.15) is 0 Å². The van der Waals surface area contributed by atoms with E-state index in [1.54, 1.807) is 11.8 Å². The predicted molar refractivity (Wildman–Crippen MR) is 52.3 cm³/mol. The molecule has 3 N–H and O–H groups in total. The molecule has 2 amide bonds. The molecule has 1 fully saturated rings. The molecule has 0 aromatic carbocycles. The first-order valence-electron chi connectivity index (χ1n) is 4.25. The second-order valence-electron chi connectivity index (χ2n) is 3.33. The summed E-state index contributed by atoms with van der Waals surface area (Å²) >= 11 is 1.64. The molecule has 13 heavy (non-hydrogen) atoms. The second kappa shape index (κ2) is 4.00. The Morgan fingerprint density at radius 3 is 2.77 bits per heavy atom. The van der Waals surface area contributed by atoms with Crippen molar-refractivity contribution in [3.63, 3.8) is 0 Å². The van der Waals surface area contributed by atoms with Crippen molar-refractivity contribution in [2.45, 2.75) is 24.5 Å². The summed E-state index contributed by atoms with van der Waals surface area (Å²) in [6, 6.07) is 0. The van der Waals surface area contributed by atoms with Crippen LogP contribution in [0.2, 0.25) is 0 Å². The zero-order valence-electron chi connectivity index (χ0n) is 7.63. The molecule has 0 aromatic rings. The van der Waals surface area contributed by atoms with Crippen LogP contribution in [0.1, 0.15) is 19.8 Å². The van der Waals surface area contributed by atoms with Crippen LogP contribution in [-0.4, -0.2) is 28.9 Å². The van der Waals surface area contributed by atoms with Gasteiger partial charge >= 0.3 is 0 Å². The number of carbonyl (C=O) groups excluding carboxylic acids is 2. The Labute approximate surface area is 81.6 Å². The fraction of sp³-hybridized carbons (Fsp3) is 0.750. The maximum atomic E-state index is 11.5. The van der Waals surface area contributed by atoms with E-state index in [-0.39, 0.29) is 17.2 Å². The average Bonchev–Trinajstić information content (AvgIpc) is 2.49. The summed E-state index contributed by atoms with van der Waals surface area (Å²) in [7, 11) is 0. The lowest BCUT2D eigenvalue weighted by atomic mass is 10.1. The van der Waals surface area contributed by atoms with E-state index >= 15 is 0 Å². The summed E-state index contributed by atoms with van der Waals surface area (Å²) in [4.78, 5) is 22.0. The van der Waals surface area contributed by atoms with Gasteiger partial charge in [0.15, 0.2) is 0 Å². The topological polar surface area (TPSA) is 72.2 Å². The highest BCUT2D eigenvalue weighted by atomic mass is 32.2. The van der Waals surface area contributed by atoms with E-state index in [1.165, 1.54) is 0 Å². The van der Waals surface area contributed by atoms with Gasteiger partial charge in [-0.25, -0.2) is 0 Å². The minimum absolute atomic E-state index is 0.0605. The molecule has 0 radical (unpaired) electrons. The number of hydrogen-bond donors (Lipinski definition) is 2. The first kappa shape index (κ1) is 10.4. The minimum atomic E-state index is -0.500. The number of hydrogen-bond acceptors (Lipinski definition) is 3. The van der Waals surface area contributed by atoms with Gasteiger partial charge in [0, 0.05) is 0 Å². The molecule has 1 aliphatic rings. The number of thioether (sulfide) groups is 1. The molecule has 5 heteroatoms. The Bertz CT molecular complexity index is 224. The Hall–Kier alpha value is -0.710. The highest BCUT2D eigenvalue weighted by Gasteiger charge is 2.36. The van der Waals surface area contributed by atoms with Crippen molar-refractivity contribution in [1.29, 1.82) is 0 Å². The van der Waals surface area contributed by atoms with Crippen LogP contribution in [0.3, 0.4) is 0 Å². The number of nitrogens with one attached hydrogen (secondary N) is 1. The van der Waals surface area contributed by atoms with Gasteiger partial charge in [0.05, 0.1) is 11.3 Å². The minimum Gasteiger partial charge on any atom is -0.368 e. The monoisotopic (exact) mass is 202 g/mol. The Morgan fingerprint density at radius 2 is 2.31 bits per heavy atom. The van der Waals surface area contributed by atoms with Crippen molar-refractivity contribution >= 4 is 23.6 Å². The van der Waals surface area contributed by atoms with Crippen LogP contribution in [0.4, 0.5) is 0 Å². The van der Waals surface area contributed by atoms with Gasteiger partial charge in [-0.05, 0) is 25.5 Å². The van der Waals surface area contributed by atoms with Crippen LogP contribution in [0.25, 0.3) is 0 Å². The normalized spacial score (nSPS) is 27.2. The summed E-state index contributed by atoms with van der Waals surface area (Å²) in [6.07, 6.45) is 1.94. The highest BCUT2D eigenvalue weighted by molar-refractivity contribution is 8.01. The summed E-state index contributed by atoms with van der Waals surface area (Å²) in [5.41, 5.74) is 4.92. The molecule has 0 spiro atoms. The molecule has 4 nitrogen and oxygen atoms in total. The smallest absolute Gasteiger partial charge is 0.236 e. The standard InChI is InChI=1S/C8H14N2O2S/c1-8(3-2-4-13-8)7(12)10-5-6(9)11/h2-5H2,1H3,(H2,9,11)(H,10,12). The van der Waals surface area contributed by atoms with Crippen molar-refractivity contribution < 1.29 is 9.59 Å². The first-order chi connectivity index (χ1) is 6.04. The molecule has 74 valence electrons. The van der Waals surface area contributed by atoms with Crippen molar-refractivity contribution in [2.24, 2.45) is 5.73 Å². The molecule has 1 unspecified atom stereocenters. The van der Waals surface area contributed by atoms with Gasteiger partial charge in [-0.3, -0.25) is 9.59 Å². The fourth-order valence-electron chi connectivity index (χ4n) is 1.31. The van der Waals surface area contributed by atoms with Crippen molar-refractivity contribution in [1.82, 2.24) is 5.32 Å².